The second-order valence-corrected chi connectivity index (χ2v) is 9.82. The highest BCUT2D eigenvalue weighted by molar-refractivity contribution is 7.88. The number of amides is 1. The third-order valence-corrected chi connectivity index (χ3v) is 6.04. The summed E-state index contributed by atoms with van der Waals surface area (Å²) >= 11 is 0. The Balaban J connectivity index is 1.93. The molecule has 0 radical (unpaired) electrons. The monoisotopic (exact) mass is 436 g/mol. The first-order chi connectivity index (χ1) is 14.1. The first-order valence-electron chi connectivity index (χ1n) is 9.88. The molecule has 3 rings (SSSR count). The molecule has 0 bridgehead atoms. The lowest BCUT2D eigenvalue weighted by Gasteiger charge is -2.30. The number of sulfonamides is 1. The van der Waals surface area contributed by atoms with Gasteiger partial charge in [0, 0.05) is 18.5 Å². The molecular formula is C22H26F2N2O3S. The Bertz CT molecular complexity index is 1020. The summed E-state index contributed by atoms with van der Waals surface area (Å²) in [6.07, 6.45) is 1.98. The molecule has 1 N–H and O–H groups in total. The molecule has 30 heavy (non-hydrogen) atoms. The standard InChI is InChI=1S/C22H26F2N2O3S/c1-14(2)22(27)26-11-10-19(25-30(3,28)29)20(26)13-15-6-4-7-16(12-15)21-17(23)8-5-9-18(21)24/h4-9,12,14,19-20,25H,10-11,13H2,1-3H3/t19-,20-/m0/s1. The van der Waals surface area contributed by atoms with Crippen molar-refractivity contribution >= 4 is 15.9 Å². The number of nitrogens with one attached hydrogen (secondary N) is 1. The van der Waals surface area contributed by atoms with Gasteiger partial charge in [0.2, 0.25) is 15.9 Å². The average molecular weight is 437 g/mol. The van der Waals surface area contributed by atoms with Gasteiger partial charge in [-0.2, -0.15) is 0 Å². The molecule has 5 nitrogen and oxygen atoms in total. The number of hydrogen-bond acceptors (Lipinski definition) is 3. The number of halogens is 2. The minimum Gasteiger partial charge on any atom is -0.337 e. The second kappa shape index (κ2) is 8.81. The summed E-state index contributed by atoms with van der Waals surface area (Å²) in [5.74, 6) is -1.57. The summed E-state index contributed by atoms with van der Waals surface area (Å²) in [4.78, 5) is 14.4. The van der Waals surface area contributed by atoms with Crippen molar-refractivity contribution in [1.29, 1.82) is 0 Å². The van der Waals surface area contributed by atoms with E-state index in [2.05, 4.69) is 4.72 Å². The molecule has 1 amide bonds. The summed E-state index contributed by atoms with van der Waals surface area (Å²) in [5, 5.41) is 0. The molecule has 162 valence electrons. The normalized spacial score (nSPS) is 19.5. The fraction of sp³-hybridized carbons (Fsp3) is 0.409. The van der Waals surface area contributed by atoms with Gasteiger partial charge in [0.1, 0.15) is 11.6 Å². The lowest BCUT2D eigenvalue weighted by molar-refractivity contribution is -0.135. The number of likely N-dealkylation sites (tertiary alicyclic amines) is 1. The number of rotatable bonds is 6. The van der Waals surface area contributed by atoms with E-state index in [-0.39, 0.29) is 23.4 Å². The van der Waals surface area contributed by atoms with Gasteiger partial charge in [-0.25, -0.2) is 21.9 Å². The maximum absolute atomic E-state index is 14.2. The van der Waals surface area contributed by atoms with E-state index in [0.29, 0.717) is 24.9 Å². The van der Waals surface area contributed by atoms with Crippen molar-refractivity contribution in [3.05, 3.63) is 59.7 Å². The van der Waals surface area contributed by atoms with Crippen LogP contribution in [0.1, 0.15) is 25.8 Å². The highest BCUT2D eigenvalue weighted by Crippen LogP contribution is 2.29. The van der Waals surface area contributed by atoms with Crippen LogP contribution in [0.5, 0.6) is 0 Å². The van der Waals surface area contributed by atoms with Crippen molar-refractivity contribution in [2.75, 3.05) is 12.8 Å². The molecule has 8 heteroatoms. The van der Waals surface area contributed by atoms with Crippen LogP contribution in [-0.4, -0.2) is 44.1 Å². The van der Waals surface area contributed by atoms with Crippen molar-refractivity contribution in [1.82, 2.24) is 9.62 Å². The molecule has 1 fully saturated rings. The van der Waals surface area contributed by atoms with Crippen LogP contribution in [0.3, 0.4) is 0 Å². The van der Waals surface area contributed by atoms with Gasteiger partial charge in [-0.15, -0.1) is 0 Å². The van der Waals surface area contributed by atoms with E-state index in [9.17, 15) is 22.0 Å². The molecule has 0 spiro atoms. The van der Waals surface area contributed by atoms with Gasteiger partial charge >= 0.3 is 0 Å². The van der Waals surface area contributed by atoms with E-state index in [1.54, 1.807) is 36.9 Å². The summed E-state index contributed by atoms with van der Waals surface area (Å²) < 4.78 is 54.7. The largest absolute Gasteiger partial charge is 0.337 e. The Morgan fingerprint density at radius 3 is 2.40 bits per heavy atom. The Morgan fingerprint density at radius 1 is 1.17 bits per heavy atom. The van der Waals surface area contributed by atoms with Crippen LogP contribution in [0, 0.1) is 17.6 Å². The minimum absolute atomic E-state index is 0.0471. The van der Waals surface area contributed by atoms with Crippen LogP contribution in [0.2, 0.25) is 0 Å². The quantitative estimate of drug-likeness (QED) is 0.755. The van der Waals surface area contributed by atoms with Crippen LogP contribution >= 0.6 is 0 Å². The van der Waals surface area contributed by atoms with E-state index in [1.165, 1.54) is 18.2 Å². The van der Waals surface area contributed by atoms with Gasteiger partial charge in [0.15, 0.2) is 0 Å². The topological polar surface area (TPSA) is 66.5 Å². The predicted octanol–water partition coefficient (Wildman–Crippen LogP) is 3.35. The lowest BCUT2D eigenvalue weighted by atomic mass is 9.96. The molecule has 0 unspecified atom stereocenters. The first kappa shape index (κ1) is 22.4. The van der Waals surface area contributed by atoms with Crippen LogP contribution in [0.15, 0.2) is 42.5 Å². The Kier molecular flexibility index (Phi) is 6.57. The molecule has 2 atom stereocenters. The highest BCUT2D eigenvalue weighted by atomic mass is 32.2. The van der Waals surface area contributed by atoms with Crippen molar-refractivity contribution in [3.8, 4) is 11.1 Å². The Hall–Kier alpha value is -2.32. The van der Waals surface area contributed by atoms with Gasteiger partial charge in [0.05, 0.1) is 17.9 Å². The molecule has 2 aromatic carbocycles. The highest BCUT2D eigenvalue weighted by Gasteiger charge is 2.39. The molecule has 1 heterocycles. The predicted molar refractivity (Wildman–Crippen MR) is 112 cm³/mol. The van der Waals surface area contributed by atoms with Crippen LogP contribution in [0.25, 0.3) is 11.1 Å². The average Bonchev–Trinajstić information content (AvgIpc) is 3.01. The van der Waals surface area contributed by atoms with E-state index in [1.807, 2.05) is 6.07 Å². The van der Waals surface area contributed by atoms with Gasteiger partial charge in [-0.3, -0.25) is 4.79 Å². The zero-order valence-electron chi connectivity index (χ0n) is 17.2. The second-order valence-electron chi connectivity index (χ2n) is 8.04. The van der Waals surface area contributed by atoms with E-state index >= 15 is 0 Å². The molecule has 0 aromatic heterocycles. The maximum atomic E-state index is 14.2. The summed E-state index contributed by atoms with van der Waals surface area (Å²) in [6, 6.07) is 9.77. The zero-order valence-corrected chi connectivity index (χ0v) is 18.0. The third kappa shape index (κ3) is 5.05. The first-order valence-corrected chi connectivity index (χ1v) is 11.8. The van der Waals surface area contributed by atoms with Crippen LogP contribution in [-0.2, 0) is 21.2 Å². The van der Waals surface area contributed by atoms with E-state index in [4.69, 9.17) is 0 Å². The molecular weight excluding hydrogens is 410 g/mol. The van der Waals surface area contributed by atoms with Crippen LogP contribution in [0.4, 0.5) is 8.78 Å². The van der Waals surface area contributed by atoms with Gasteiger partial charge in [0.25, 0.3) is 0 Å². The molecule has 2 aromatic rings. The van der Waals surface area contributed by atoms with Crippen molar-refractivity contribution in [2.24, 2.45) is 5.92 Å². The smallest absolute Gasteiger partial charge is 0.225 e. The fourth-order valence-electron chi connectivity index (χ4n) is 3.99. The number of nitrogens with zero attached hydrogens (tertiary/aromatic N) is 1. The fourth-order valence-corrected chi connectivity index (χ4v) is 4.82. The third-order valence-electron chi connectivity index (χ3n) is 5.31. The maximum Gasteiger partial charge on any atom is 0.225 e. The van der Waals surface area contributed by atoms with Gasteiger partial charge in [-0.05, 0) is 36.1 Å². The van der Waals surface area contributed by atoms with Crippen molar-refractivity contribution in [2.45, 2.75) is 38.8 Å². The van der Waals surface area contributed by atoms with Crippen molar-refractivity contribution < 1.29 is 22.0 Å². The molecule has 0 aliphatic carbocycles. The number of hydrogen-bond donors (Lipinski definition) is 1. The van der Waals surface area contributed by atoms with Gasteiger partial charge < -0.3 is 4.90 Å². The summed E-state index contributed by atoms with van der Waals surface area (Å²) in [5.41, 5.74) is 1.06. The number of carbonyl (C=O) groups is 1. The Labute approximate surface area is 176 Å². The van der Waals surface area contributed by atoms with E-state index in [0.717, 1.165) is 11.8 Å². The SMILES string of the molecule is CC(C)C(=O)N1CC[C@H](NS(C)(=O)=O)[C@@H]1Cc1cccc(-c2c(F)cccc2F)c1. The molecule has 1 saturated heterocycles. The zero-order chi connectivity index (χ0) is 22.1. The molecule has 1 aliphatic heterocycles. The van der Waals surface area contributed by atoms with E-state index < -0.39 is 27.7 Å². The minimum atomic E-state index is -3.45. The van der Waals surface area contributed by atoms with Gasteiger partial charge in [-0.1, -0.05) is 44.2 Å². The molecule has 0 saturated carbocycles. The van der Waals surface area contributed by atoms with Crippen LogP contribution < -0.4 is 4.72 Å². The van der Waals surface area contributed by atoms with Crippen molar-refractivity contribution in [3.63, 3.8) is 0 Å². The lowest BCUT2D eigenvalue weighted by Crippen LogP contribution is -2.48. The molecule has 1 aliphatic rings. The number of benzene rings is 2. The summed E-state index contributed by atoms with van der Waals surface area (Å²) in [6.45, 7) is 4.06. The Morgan fingerprint density at radius 2 is 1.80 bits per heavy atom. The number of carbonyl (C=O) groups excluding carboxylic acids is 1. The summed E-state index contributed by atoms with van der Waals surface area (Å²) in [7, 11) is -3.45.